The van der Waals surface area contributed by atoms with E-state index in [4.69, 9.17) is 4.74 Å². The third-order valence-electron chi connectivity index (χ3n) is 3.90. The first-order valence-electron chi connectivity index (χ1n) is 7.30. The molecule has 1 aliphatic rings. The molecule has 0 aromatic heterocycles. The lowest BCUT2D eigenvalue weighted by Crippen LogP contribution is -2.37. The van der Waals surface area contributed by atoms with E-state index >= 15 is 0 Å². The summed E-state index contributed by atoms with van der Waals surface area (Å²) in [7, 11) is 1.38. The first kappa shape index (κ1) is 15.0. The van der Waals surface area contributed by atoms with E-state index in [1.807, 2.05) is 0 Å². The SMILES string of the molecule is COC(=O)C(NC1CCCCCC1)c1ccc(F)cc1. The lowest BCUT2D eigenvalue weighted by atomic mass is 10.0. The summed E-state index contributed by atoms with van der Waals surface area (Å²) in [5, 5.41) is 3.39. The Kier molecular flexibility index (Phi) is 5.53. The zero-order valence-electron chi connectivity index (χ0n) is 11.9. The van der Waals surface area contributed by atoms with Crippen LogP contribution >= 0.6 is 0 Å². The molecule has 1 saturated carbocycles. The Labute approximate surface area is 119 Å². The van der Waals surface area contributed by atoms with Crippen LogP contribution < -0.4 is 5.32 Å². The molecule has 0 spiro atoms. The van der Waals surface area contributed by atoms with E-state index in [2.05, 4.69) is 5.32 Å². The molecule has 110 valence electrons. The van der Waals surface area contributed by atoms with Gasteiger partial charge in [-0.25, -0.2) is 9.18 Å². The van der Waals surface area contributed by atoms with Crippen LogP contribution in [0.15, 0.2) is 24.3 Å². The van der Waals surface area contributed by atoms with Crippen molar-refractivity contribution in [3.63, 3.8) is 0 Å². The summed E-state index contributed by atoms with van der Waals surface area (Å²) in [6, 6.07) is 5.84. The number of rotatable bonds is 4. The summed E-state index contributed by atoms with van der Waals surface area (Å²) in [6.07, 6.45) is 7.06. The van der Waals surface area contributed by atoms with Gasteiger partial charge in [-0.3, -0.25) is 5.32 Å². The molecule has 0 amide bonds. The van der Waals surface area contributed by atoms with Crippen molar-refractivity contribution < 1.29 is 13.9 Å². The van der Waals surface area contributed by atoms with Gasteiger partial charge in [0.15, 0.2) is 0 Å². The van der Waals surface area contributed by atoms with Gasteiger partial charge in [0, 0.05) is 6.04 Å². The van der Waals surface area contributed by atoms with Gasteiger partial charge >= 0.3 is 5.97 Å². The van der Waals surface area contributed by atoms with E-state index in [9.17, 15) is 9.18 Å². The third kappa shape index (κ3) is 4.04. The second kappa shape index (κ2) is 7.39. The molecule has 0 bridgehead atoms. The van der Waals surface area contributed by atoms with E-state index in [-0.39, 0.29) is 11.8 Å². The van der Waals surface area contributed by atoms with Crippen LogP contribution in [0.25, 0.3) is 0 Å². The summed E-state index contributed by atoms with van der Waals surface area (Å²) >= 11 is 0. The first-order chi connectivity index (χ1) is 9.70. The highest BCUT2D eigenvalue weighted by Gasteiger charge is 2.25. The summed E-state index contributed by atoms with van der Waals surface area (Å²) in [5.74, 6) is -0.618. The molecular weight excluding hydrogens is 257 g/mol. The van der Waals surface area contributed by atoms with Crippen LogP contribution in [0.3, 0.4) is 0 Å². The molecule has 20 heavy (non-hydrogen) atoms. The predicted molar refractivity (Wildman–Crippen MR) is 75.8 cm³/mol. The van der Waals surface area contributed by atoms with Gasteiger partial charge in [-0.1, -0.05) is 37.8 Å². The van der Waals surface area contributed by atoms with Crippen LogP contribution in [-0.4, -0.2) is 19.1 Å². The van der Waals surface area contributed by atoms with Gasteiger partial charge in [0.05, 0.1) is 7.11 Å². The maximum Gasteiger partial charge on any atom is 0.327 e. The van der Waals surface area contributed by atoms with Gasteiger partial charge in [0.25, 0.3) is 0 Å². The molecule has 1 aromatic rings. The van der Waals surface area contributed by atoms with Gasteiger partial charge in [-0.2, -0.15) is 0 Å². The summed E-state index contributed by atoms with van der Waals surface area (Å²) in [4.78, 5) is 12.0. The molecule has 4 heteroatoms. The number of halogens is 1. The topological polar surface area (TPSA) is 38.3 Å². The average Bonchev–Trinajstić information content (AvgIpc) is 2.74. The van der Waals surface area contributed by atoms with Crippen LogP contribution in [0, 0.1) is 5.82 Å². The van der Waals surface area contributed by atoms with Crippen molar-refractivity contribution in [1.82, 2.24) is 5.32 Å². The highest BCUT2D eigenvalue weighted by Crippen LogP contribution is 2.22. The molecule has 3 nitrogen and oxygen atoms in total. The lowest BCUT2D eigenvalue weighted by molar-refractivity contribution is -0.143. The fourth-order valence-electron chi connectivity index (χ4n) is 2.76. The van der Waals surface area contributed by atoms with Crippen molar-refractivity contribution in [3.8, 4) is 0 Å². The normalized spacial score (nSPS) is 18.3. The Morgan fingerprint density at radius 3 is 2.35 bits per heavy atom. The quantitative estimate of drug-likeness (QED) is 0.678. The van der Waals surface area contributed by atoms with Gasteiger partial charge in [-0.15, -0.1) is 0 Å². The van der Waals surface area contributed by atoms with Crippen LogP contribution in [-0.2, 0) is 9.53 Å². The Hall–Kier alpha value is -1.42. The smallest absolute Gasteiger partial charge is 0.327 e. The molecule has 1 fully saturated rings. The third-order valence-corrected chi connectivity index (χ3v) is 3.90. The van der Waals surface area contributed by atoms with E-state index < -0.39 is 6.04 Å². The number of carbonyl (C=O) groups is 1. The van der Waals surface area contributed by atoms with Crippen molar-refractivity contribution in [2.75, 3.05) is 7.11 Å². The number of methoxy groups -OCH3 is 1. The number of hydrogen-bond donors (Lipinski definition) is 1. The highest BCUT2D eigenvalue weighted by atomic mass is 19.1. The molecule has 2 rings (SSSR count). The highest BCUT2D eigenvalue weighted by molar-refractivity contribution is 5.77. The average molecular weight is 279 g/mol. The Morgan fingerprint density at radius 2 is 1.80 bits per heavy atom. The molecule has 0 aliphatic heterocycles. The molecule has 0 radical (unpaired) electrons. The predicted octanol–water partition coefficient (Wildman–Crippen LogP) is 3.35. The standard InChI is InChI=1S/C16H22FNO2/c1-20-16(19)15(12-8-10-13(17)11-9-12)18-14-6-4-2-3-5-7-14/h8-11,14-15,18H,2-7H2,1H3. The van der Waals surface area contributed by atoms with E-state index in [1.165, 1.54) is 44.9 Å². The van der Waals surface area contributed by atoms with Gasteiger partial charge in [0.1, 0.15) is 11.9 Å². The monoisotopic (exact) mass is 279 g/mol. The maximum atomic E-state index is 13.0. The van der Waals surface area contributed by atoms with Crippen molar-refractivity contribution in [2.45, 2.75) is 50.6 Å². The molecule has 1 N–H and O–H groups in total. The molecule has 0 saturated heterocycles. The Balaban J connectivity index is 2.10. The van der Waals surface area contributed by atoms with Crippen molar-refractivity contribution in [2.24, 2.45) is 0 Å². The van der Waals surface area contributed by atoms with Crippen LogP contribution in [0.2, 0.25) is 0 Å². The zero-order chi connectivity index (χ0) is 14.4. The number of benzene rings is 1. The molecule has 1 aromatic carbocycles. The molecule has 0 heterocycles. The molecular formula is C16H22FNO2. The van der Waals surface area contributed by atoms with E-state index in [1.54, 1.807) is 12.1 Å². The second-order valence-corrected chi connectivity index (χ2v) is 5.36. The number of esters is 1. The number of carbonyl (C=O) groups excluding carboxylic acids is 1. The Morgan fingerprint density at radius 1 is 1.20 bits per heavy atom. The summed E-state index contributed by atoms with van der Waals surface area (Å²) in [6.45, 7) is 0. The number of nitrogens with one attached hydrogen (secondary N) is 1. The van der Waals surface area contributed by atoms with E-state index in [0.29, 0.717) is 6.04 Å². The minimum Gasteiger partial charge on any atom is -0.468 e. The zero-order valence-corrected chi connectivity index (χ0v) is 11.9. The fraction of sp³-hybridized carbons (Fsp3) is 0.562. The largest absolute Gasteiger partial charge is 0.468 e. The minimum atomic E-state index is -0.510. The minimum absolute atomic E-state index is 0.299. The maximum absolute atomic E-state index is 13.0. The lowest BCUT2D eigenvalue weighted by Gasteiger charge is -2.23. The van der Waals surface area contributed by atoms with Gasteiger partial charge in [-0.05, 0) is 30.5 Å². The molecule has 1 unspecified atom stereocenters. The molecule has 1 aliphatic carbocycles. The van der Waals surface area contributed by atoms with Crippen molar-refractivity contribution in [1.29, 1.82) is 0 Å². The van der Waals surface area contributed by atoms with Crippen LogP contribution in [0.4, 0.5) is 4.39 Å². The first-order valence-corrected chi connectivity index (χ1v) is 7.30. The van der Waals surface area contributed by atoms with E-state index in [0.717, 1.165) is 18.4 Å². The fourth-order valence-corrected chi connectivity index (χ4v) is 2.76. The van der Waals surface area contributed by atoms with Crippen LogP contribution in [0.5, 0.6) is 0 Å². The van der Waals surface area contributed by atoms with Crippen molar-refractivity contribution in [3.05, 3.63) is 35.6 Å². The van der Waals surface area contributed by atoms with Crippen molar-refractivity contribution >= 4 is 5.97 Å². The van der Waals surface area contributed by atoms with Crippen LogP contribution in [0.1, 0.15) is 50.1 Å². The van der Waals surface area contributed by atoms with Gasteiger partial charge in [0.2, 0.25) is 0 Å². The number of hydrogen-bond acceptors (Lipinski definition) is 3. The number of ether oxygens (including phenoxy) is 1. The summed E-state index contributed by atoms with van der Waals surface area (Å²) < 4.78 is 17.9. The van der Waals surface area contributed by atoms with Gasteiger partial charge < -0.3 is 4.74 Å². The Bertz CT molecular complexity index is 425. The second-order valence-electron chi connectivity index (χ2n) is 5.36. The summed E-state index contributed by atoms with van der Waals surface area (Å²) in [5.41, 5.74) is 0.752. The molecule has 1 atom stereocenters.